The largest absolute Gasteiger partial charge is 0.350 e. The van der Waals surface area contributed by atoms with E-state index in [1.807, 2.05) is 6.92 Å². The molecule has 1 aromatic rings. The van der Waals surface area contributed by atoms with E-state index in [-0.39, 0.29) is 5.82 Å². The first-order valence-electron chi connectivity index (χ1n) is 4.50. The Morgan fingerprint density at radius 1 is 1.50 bits per heavy atom. The molecule has 0 unspecified atom stereocenters. The van der Waals surface area contributed by atoms with E-state index in [1.165, 1.54) is 7.05 Å². The third-order valence-corrected chi connectivity index (χ3v) is 1.98. The van der Waals surface area contributed by atoms with Gasteiger partial charge >= 0.3 is 12.2 Å². The number of hydrogen-bond acceptors (Lipinski definition) is 2. The summed E-state index contributed by atoms with van der Waals surface area (Å²) in [4.78, 5) is 11.2. The zero-order chi connectivity index (χ0) is 10.7. The summed E-state index contributed by atoms with van der Waals surface area (Å²) in [5.74, 6) is 0.161. The third kappa shape index (κ3) is 2.00. The molecule has 0 saturated carbocycles. The maximum atomic E-state index is 12.4. The van der Waals surface area contributed by atoms with Crippen LogP contribution in [0.1, 0.15) is 32.1 Å². The van der Waals surface area contributed by atoms with Crippen molar-refractivity contribution in [2.75, 3.05) is 0 Å². The molecule has 6 heteroatoms. The number of nitrogens with zero attached hydrogens (tertiary/aromatic N) is 3. The second kappa shape index (κ2) is 4.34. The first-order valence-corrected chi connectivity index (χ1v) is 4.50. The highest BCUT2D eigenvalue weighted by molar-refractivity contribution is 4.88. The monoisotopic (exact) mass is 205 g/mol. The van der Waals surface area contributed by atoms with Crippen LogP contribution in [0, 0.1) is 0 Å². The van der Waals surface area contributed by atoms with Crippen LogP contribution in [0.4, 0.5) is 8.78 Å². The van der Waals surface area contributed by atoms with Crippen molar-refractivity contribution in [3.8, 4) is 0 Å². The van der Waals surface area contributed by atoms with Crippen LogP contribution < -0.4 is 5.69 Å². The Kier molecular flexibility index (Phi) is 3.38. The van der Waals surface area contributed by atoms with Gasteiger partial charge in [0.1, 0.15) is 5.82 Å². The molecule has 0 N–H and O–H groups in total. The fraction of sp³-hybridized carbons (Fsp3) is 0.750. The lowest BCUT2D eigenvalue weighted by Gasteiger charge is -2.01. The summed E-state index contributed by atoms with van der Waals surface area (Å²) in [5, 5.41) is 3.76. The molecule has 1 rings (SSSR count). The molecule has 0 aliphatic rings. The van der Waals surface area contributed by atoms with E-state index in [0.29, 0.717) is 11.0 Å². The second-order valence-corrected chi connectivity index (χ2v) is 3.07. The number of hydrogen-bond donors (Lipinski definition) is 0. The SMILES string of the molecule is CCCCc1nn(C)c(=O)n1C(F)F. The minimum Gasteiger partial charge on any atom is -0.246 e. The highest BCUT2D eigenvalue weighted by atomic mass is 19.3. The molecular formula is C8H13F2N3O. The number of alkyl halides is 2. The van der Waals surface area contributed by atoms with Crippen molar-refractivity contribution >= 4 is 0 Å². The maximum Gasteiger partial charge on any atom is 0.350 e. The Bertz CT molecular complexity index is 356. The molecule has 0 bridgehead atoms. The number of unbranched alkanes of at least 4 members (excludes halogenated alkanes) is 1. The molecule has 80 valence electrons. The molecule has 0 atom stereocenters. The van der Waals surface area contributed by atoms with E-state index in [1.54, 1.807) is 0 Å². The van der Waals surface area contributed by atoms with E-state index in [9.17, 15) is 13.6 Å². The summed E-state index contributed by atoms with van der Waals surface area (Å²) in [5.41, 5.74) is -0.758. The van der Waals surface area contributed by atoms with Crippen molar-refractivity contribution in [2.24, 2.45) is 7.05 Å². The first kappa shape index (κ1) is 10.9. The standard InChI is InChI=1S/C8H13F2N3O/c1-3-4-5-6-11-12(2)8(14)13(6)7(9)10/h7H,3-5H2,1-2H3. The molecule has 0 fully saturated rings. The van der Waals surface area contributed by atoms with Gasteiger partial charge in [-0.25, -0.2) is 14.0 Å². The first-order chi connectivity index (χ1) is 6.57. The van der Waals surface area contributed by atoms with E-state index < -0.39 is 12.2 Å². The second-order valence-electron chi connectivity index (χ2n) is 3.07. The molecule has 0 amide bonds. The lowest BCUT2D eigenvalue weighted by Crippen LogP contribution is -2.24. The van der Waals surface area contributed by atoms with Crippen molar-refractivity contribution in [1.82, 2.24) is 14.3 Å². The molecule has 0 aromatic carbocycles. The predicted octanol–water partition coefficient (Wildman–Crippen LogP) is 1.32. The smallest absolute Gasteiger partial charge is 0.246 e. The molecular weight excluding hydrogens is 192 g/mol. The highest BCUT2D eigenvalue weighted by Gasteiger charge is 2.17. The minimum atomic E-state index is -2.80. The summed E-state index contributed by atoms with van der Waals surface area (Å²) in [6.07, 6.45) is 2.05. The average Bonchev–Trinajstić information content (AvgIpc) is 2.39. The molecule has 14 heavy (non-hydrogen) atoms. The normalized spacial score (nSPS) is 11.2. The molecule has 1 heterocycles. The maximum absolute atomic E-state index is 12.4. The quantitative estimate of drug-likeness (QED) is 0.743. The van der Waals surface area contributed by atoms with Crippen molar-refractivity contribution in [3.63, 3.8) is 0 Å². The van der Waals surface area contributed by atoms with Gasteiger partial charge < -0.3 is 0 Å². The van der Waals surface area contributed by atoms with Crippen LogP contribution in [0.15, 0.2) is 4.79 Å². The van der Waals surface area contributed by atoms with Crippen LogP contribution in [0.2, 0.25) is 0 Å². The lowest BCUT2D eigenvalue weighted by atomic mass is 10.2. The fourth-order valence-corrected chi connectivity index (χ4v) is 1.23. The average molecular weight is 205 g/mol. The number of aromatic nitrogens is 3. The highest BCUT2D eigenvalue weighted by Crippen LogP contribution is 2.10. The summed E-state index contributed by atoms with van der Waals surface area (Å²) < 4.78 is 26.3. The topological polar surface area (TPSA) is 39.8 Å². The summed E-state index contributed by atoms with van der Waals surface area (Å²) >= 11 is 0. The molecule has 0 saturated heterocycles. The lowest BCUT2D eigenvalue weighted by molar-refractivity contribution is 0.0628. The van der Waals surface area contributed by atoms with Gasteiger partial charge in [0.15, 0.2) is 0 Å². The Hall–Kier alpha value is -1.20. The summed E-state index contributed by atoms with van der Waals surface area (Å²) in [7, 11) is 1.37. The van der Waals surface area contributed by atoms with Crippen LogP contribution in [0.25, 0.3) is 0 Å². The van der Waals surface area contributed by atoms with Gasteiger partial charge in [-0.2, -0.15) is 13.9 Å². The van der Waals surface area contributed by atoms with Crippen molar-refractivity contribution in [2.45, 2.75) is 32.7 Å². The van der Waals surface area contributed by atoms with Crippen molar-refractivity contribution < 1.29 is 8.78 Å². The summed E-state index contributed by atoms with van der Waals surface area (Å²) in [6.45, 7) is -0.851. The number of rotatable bonds is 4. The Labute approximate surface area is 80.2 Å². The van der Waals surface area contributed by atoms with Crippen molar-refractivity contribution in [3.05, 3.63) is 16.3 Å². The molecule has 0 radical (unpaired) electrons. The number of halogens is 2. The molecule has 4 nitrogen and oxygen atoms in total. The van der Waals surface area contributed by atoms with Gasteiger partial charge in [0.2, 0.25) is 0 Å². The minimum absolute atomic E-state index is 0.161. The molecule has 0 aliphatic heterocycles. The molecule has 0 spiro atoms. The van der Waals surface area contributed by atoms with Crippen LogP contribution in [0.5, 0.6) is 0 Å². The van der Waals surface area contributed by atoms with E-state index in [0.717, 1.165) is 17.5 Å². The summed E-state index contributed by atoms with van der Waals surface area (Å²) in [6, 6.07) is 0. The van der Waals surface area contributed by atoms with E-state index in [4.69, 9.17) is 0 Å². The van der Waals surface area contributed by atoms with Crippen molar-refractivity contribution in [1.29, 1.82) is 0 Å². The third-order valence-electron chi connectivity index (χ3n) is 1.98. The molecule has 1 aromatic heterocycles. The van der Waals surface area contributed by atoms with Gasteiger partial charge in [-0.3, -0.25) is 0 Å². The fourth-order valence-electron chi connectivity index (χ4n) is 1.23. The van der Waals surface area contributed by atoms with Gasteiger partial charge in [-0.15, -0.1) is 0 Å². The Morgan fingerprint density at radius 3 is 2.64 bits per heavy atom. The van der Waals surface area contributed by atoms with Crippen LogP contribution >= 0.6 is 0 Å². The predicted molar refractivity (Wildman–Crippen MR) is 47.3 cm³/mol. The van der Waals surface area contributed by atoms with Gasteiger partial charge in [0, 0.05) is 13.5 Å². The number of aryl methyl sites for hydroxylation is 2. The van der Waals surface area contributed by atoms with Gasteiger partial charge in [-0.1, -0.05) is 13.3 Å². The van der Waals surface area contributed by atoms with E-state index in [2.05, 4.69) is 5.10 Å². The zero-order valence-corrected chi connectivity index (χ0v) is 8.20. The van der Waals surface area contributed by atoms with Crippen LogP contribution in [0.3, 0.4) is 0 Å². The van der Waals surface area contributed by atoms with Gasteiger partial charge in [0.25, 0.3) is 0 Å². The molecule has 0 aliphatic carbocycles. The van der Waals surface area contributed by atoms with Crippen LogP contribution in [-0.4, -0.2) is 14.3 Å². The van der Waals surface area contributed by atoms with Crippen LogP contribution in [-0.2, 0) is 13.5 Å². The van der Waals surface area contributed by atoms with Gasteiger partial charge in [0.05, 0.1) is 0 Å². The zero-order valence-electron chi connectivity index (χ0n) is 8.20. The Morgan fingerprint density at radius 2 is 2.14 bits per heavy atom. The Balaban J connectivity index is 3.03. The van der Waals surface area contributed by atoms with Gasteiger partial charge in [-0.05, 0) is 6.42 Å². The van der Waals surface area contributed by atoms with E-state index >= 15 is 0 Å².